The highest BCUT2D eigenvalue weighted by Crippen LogP contribution is 2.34. The molecule has 0 heterocycles. The number of aryl methyl sites for hydroxylation is 1. The van der Waals surface area contributed by atoms with E-state index < -0.39 is 17.8 Å². The summed E-state index contributed by atoms with van der Waals surface area (Å²) in [6, 6.07) is 12.0. The minimum absolute atomic E-state index is 0.256. The average molecular weight is 322 g/mol. The van der Waals surface area contributed by atoms with E-state index in [1.54, 1.807) is 0 Å². The first kappa shape index (κ1) is 16.9. The van der Waals surface area contributed by atoms with E-state index in [-0.39, 0.29) is 5.69 Å². The molecule has 0 unspecified atom stereocenters. The lowest BCUT2D eigenvalue weighted by atomic mass is 10.1. The summed E-state index contributed by atoms with van der Waals surface area (Å²) in [5.41, 5.74) is 1.07. The number of benzene rings is 2. The van der Waals surface area contributed by atoms with Crippen LogP contribution in [0.25, 0.3) is 0 Å². The van der Waals surface area contributed by atoms with E-state index in [4.69, 9.17) is 0 Å². The lowest BCUT2D eigenvalue weighted by Gasteiger charge is -2.14. The second-order valence-corrected chi connectivity index (χ2v) is 5.10. The number of para-hydroxylation sites is 1. The first-order valence-electron chi connectivity index (χ1n) is 7.13. The van der Waals surface area contributed by atoms with E-state index in [2.05, 4.69) is 10.6 Å². The predicted octanol–water partition coefficient (Wildman–Crippen LogP) is 4.38. The molecule has 122 valence electrons. The van der Waals surface area contributed by atoms with Gasteiger partial charge in [0.1, 0.15) is 0 Å². The number of hydrogen-bond acceptors (Lipinski definition) is 1. The molecule has 2 N–H and O–H groups in total. The first-order valence-corrected chi connectivity index (χ1v) is 7.13. The number of carbonyl (C=O) groups excluding carboxylic acids is 1. The van der Waals surface area contributed by atoms with Crippen LogP contribution in [0.4, 0.5) is 23.7 Å². The van der Waals surface area contributed by atoms with Gasteiger partial charge in [-0.2, -0.15) is 13.2 Å². The van der Waals surface area contributed by atoms with Crippen LogP contribution in [-0.4, -0.2) is 12.6 Å². The minimum atomic E-state index is -4.51. The summed E-state index contributed by atoms with van der Waals surface area (Å²) in [7, 11) is 0. The first-order chi connectivity index (χ1) is 10.9. The van der Waals surface area contributed by atoms with Crippen LogP contribution < -0.4 is 10.6 Å². The molecular weight excluding hydrogens is 305 g/mol. The van der Waals surface area contributed by atoms with E-state index in [0.717, 1.165) is 17.2 Å². The quantitative estimate of drug-likeness (QED) is 0.862. The third kappa shape index (κ3) is 4.74. The van der Waals surface area contributed by atoms with Crippen molar-refractivity contribution < 1.29 is 18.0 Å². The molecule has 0 radical (unpaired) electrons. The summed E-state index contributed by atoms with van der Waals surface area (Å²) in [6.45, 7) is 2.31. The van der Waals surface area contributed by atoms with Crippen molar-refractivity contribution in [1.82, 2.24) is 5.32 Å². The van der Waals surface area contributed by atoms with Crippen molar-refractivity contribution in [3.63, 3.8) is 0 Å². The van der Waals surface area contributed by atoms with Crippen LogP contribution in [0.1, 0.15) is 16.7 Å². The van der Waals surface area contributed by atoms with Crippen LogP contribution in [0.5, 0.6) is 0 Å². The highest BCUT2D eigenvalue weighted by atomic mass is 19.4. The summed E-state index contributed by atoms with van der Waals surface area (Å²) >= 11 is 0. The zero-order valence-electron chi connectivity index (χ0n) is 12.6. The molecule has 0 atom stereocenters. The topological polar surface area (TPSA) is 41.1 Å². The number of anilines is 1. The van der Waals surface area contributed by atoms with E-state index in [1.165, 1.54) is 18.2 Å². The largest absolute Gasteiger partial charge is 0.418 e. The third-order valence-electron chi connectivity index (χ3n) is 3.42. The van der Waals surface area contributed by atoms with Gasteiger partial charge in [0.05, 0.1) is 11.3 Å². The van der Waals surface area contributed by atoms with Crippen LogP contribution >= 0.6 is 0 Å². The molecule has 6 heteroatoms. The van der Waals surface area contributed by atoms with Crippen molar-refractivity contribution >= 4 is 11.7 Å². The summed E-state index contributed by atoms with van der Waals surface area (Å²) in [5, 5.41) is 4.82. The molecule has 0 aliphatic carbocycles. The third-order valence-corrected chi connectivity index (χ3v) is 3.42. The molecule has 0 saturated heterocycles. The van der Waals surface area contributed by atoms with E-state index in [0.29, 0.717) is 13.0 Å². The molecule has 0 aromatic heterocycles. The lowest BCUT2D eigenvalue weighted by Crippen LogP contribution is -2.31. The van der Waals surface area contributed by atoms with E-state index in [1.807, 2.05) is 31.2 Å². The van der Waals surface area contributed by atoms with Gasteiger partial charge in [-0.25, -0.2) is 4.79 Å². The Bertz CT molecular complexity index is 684. The summed E-state index contributed by atoms with van der Waals surface area (Å²) < 4.78 is 38.5. The van der Waals surface area contributed by atoms with E-state index >= 15 is 0 Å². The van der Waals surface area contributed by atoms with Crippen LogP contribution in [0, 0.1) is 6.92 Å². The molecule has 2 aromatic rings. The van der Waals surface area contributed by atoms with Crippen LogP contribution in [0.2, 0.25) is 0 Å². The molecular formula is C17H17F3N2O. The molecule has 0 bridgehead atoms. The molecule has 2 amide bonds. The van der Waals surface area contributed by atoms with Gasteiger partial charge in [0, 0.05) is 6.54 Å². The molecule has 0 aliphatic heterocycles. The van der Waals surface area contributed by atoms with Gasteiger partial charge in [0.25, 0.3) is 0 Å². The van der Waals surface area contributed by atoms with Gasteiger partial charge in [-0.3, -0.25) is 0 Å². The van der Waals surface area contributed by atoms with Gasteiger partial charge in [0.15, 0.2) is 0 Å². The SMILES string of the molecule is Cc1ccccc1CCNC(=O)Nc1ccccc1C(F)(F)F. The summed E-state index contributed by atoms with van der Waals surface area (Å²) in [4.78, 5) is 11.8. The van der Waals surface area contributed by atoms with Gasteiger partial charge in [0.2, 0.25) is 0 Å². The van der Waals surface area contributed by atoms with Crippen LogP contribution in [-0.2, 0) is 12.6 Å². The normalized spacial score (nSPS) is 11.1. The number of rotatable bonds is 4. The Labute approximate surface area is 132 Å². The van der Waals surface area contributed by atoms with Crippen LogP contribution in [0.3, 0.4) is 0 Å². The van der Waals surface area contributed by atoms with Gasteiger partial charge in [-0.1, -0.05) is 36.4 Å². The van der Waals surface area contributed by atoms with Crippen LogP contribution in [0.15, 0.2) is 48.5 Å². The molecule has 23 heavy (non-hydrogen) atoms. The fourth-order valence-corrected chi connectivity index (χ4v) is 2.21. The molecule has 0 spiro atoms. The molecule has 3 nitrogen and oxygen atoms in total. The number of alkyl halides is 3. The van der Waals surface area contributed by atoms with Gasteiger partial charge >= 0.3 is 12.2 Å². The lowest BCUT2D eigenvalue weighted by molar-refractivity contribution is -0.136. The zero-order chi connectivity index (χ0) is 16.9. The maximum Gasteiger partial charge on any atom is 0.418 e. The van der Waals surface area contributed by atoms with Gasteiger partial charge < -0.3 is 10.6 Å². The maximum atomic E-state index is 12.8. The molecule has 2 rings (SSSR count). The zero-order valence-corrected chi connectivity index (χ0v) is 12.6. The summed E-state index contributed by atoms with van der Waals surface area (Å²) in [6.07, 6.45) is -3.90. The second-order valence-electron chi connectivity index (χ2n) is 5.10. The van der Waals surface area contributed by atoms with Crippen molar-refractivity contribution in [2.24, 2.45) is 0 Å². The standard InChI is InChI=1S/C17H17F3N2O/c1-12-6-2-3-7-13(12)10-11-21-16(23)22-15-9-5-4-8-14(15)17(18,19)20/h2-9H,10-11H2,1H3,(H2,21,22,23). The number of nitrogens with one attached hydrogen (secondary N) is 2. The minimum Gasteiger partial charge on any atom is -0.338 e. The molecule has 0 saturated carbocycles. The molecule has 0 fully saturated rings. The van der Waals surface area contributed by atoms with Crippen molar-refractivity contribution in [2.75, 3.05) is 11.9 Å². The van der Waals surface area contributed by atoms with Crippen molar-refractivity contribution in [3.8, 4) is 0 Å². The highest BCUT2D eigenvalue weighted by Gasteiger charge is 2.33. The Morgan fingerprint density at radius 3 is 2.39 bits per heavy atom. The summed E-state index contributed by atoms with van der Waals surface area (Å²) in [5.74, 6) is 0. The smallest absolute Gasteiger partial charge is 0.338 e. The predicted molar refractivity (Wildman–Crippen MR) is 83.3 cm³/mol. The number of carbonyl (C=O) groups is 1. The monoisotopic (exact) mass is 322 g/mol. The number of hydrogen-bond donors (Lipinski definition) is 2. The maximum absolute atomic E-state index is 12.8. The van der Waals surface area contributed by atoms with Gasteiger partial charge in [-0.05, 0) is 36.6 Å². The van der Waals surface area contributed by atoms with Crippen molar-refractivity contribution in [1.29, 1.82) is 0 Å². The Kier molecular flexibility index (Phi) is 5.26. The number of halogens is 3. The van der Waals surface area contributed by atoms with Gasteiger partial charge in [-0.15, -0.1) is 0 Å². The second kappa shape index (κ2) is 7.17. The Hall–Kier alpha value is -2.50. The molecule has 2 aromatic carbocycles. The fraction of sp³-hybridized carbons (Fsp3) is 0.235. The fourth-order valence-electron chi connectivity index (χ4n) is 2.21. The number of urea groups is 1. The van der Waals surface area contributed by atoms with Crippen molar-refractivity contribution in [2.45, 2.75) is 19.5 Å². The Morgan fingerprint density at radius 2 is 1.70 bits per heavy atom. The highest BCUT2D eigenvalue weighted by molar-refractivity contribution is 5.90. The Balaban J connectivity index is 1.92. The molecule has 0 aliphatic rings. The van der Waals surface area contributed by atoms with E-state index in [9.17, 15) is 18.0 Å². The van der Waals surface area contributed by atoms with Crippen molar-refractivity contribution in [3.05, 3.63) is 65.2 Å². The number of amides is 2. The average Bonchev–Trinajstić information content (AvgIpc) is 2.49. The Morgan fingerprint density at radius 1 is 1.04 bits per heavy atom.